The van der Waals surface area contributed by atoms with Crippen LogP contribution in [0, 0.1) is 5.92 Å². The molecule has 0 radical (unpaired) electrons. The summed E-state index contributed by atoms with van der Waals surface area (Å²) in [6, 6.07) is 0. The van der Waals surface area contributed by atoms with Crippen molar-refractivity contribution in [2.75, 3.05) is 13.2 Å². The molecular formula is C15H24O6. The first-order chi connectivity index (χ1) is 9.86. The first-order valence-electron chi connectivity index (χ1n) is 7.40. The monoisotopic (exact) mass is 300 g/mol. The molecule has 1 fully saturated rings. The van der Waals surface area contributed by atoms with Gasteiger partial charge >= 0.3 is 17.9 Å². The molecule has 0 heterocycles. The number of esters is 3. The van der Waals surface area contributed by atoms with E-state index in [0.717, 1.165) is 25.7 Å². The van der Waals surface area contributed by atoms with Gasteiger partial charge in [-0.3, -0.25) is 4.79 Å². The summed E-state index contributed by atoms with van der Waals surface area (Å²) in [5.41, 5.74) is -0.438. The Bertz CT molecular complexity index is 384. The van der Waals surface area contributed by atoms with Crippen LogP contribution in [0.4, 0.5) is 0 Å². The number of hydrogen-bond donors (Lipinski definition) is 0. The molecule has 0 aliphatic heterocycles. The summed E-state index contributed by atoms with van der Waals surface area (Å²) in [6.07, 6.45) is 4.38. The fourth-order valence-corrected chi connectivity index (χ4v) is 2.15. The van der Waals surface area contributed by atoms with Crippen molar-refractivity contribution in [3.8, 4) is 0 Å². The number of carbonyl (C=O) groups is 3. The highest BCUT2D eigenvalue weighted by molar-refractivity contribution is 5.80. The Kier molecular flexibility index (Phi) is 6.65. The van der Waals surface area contributed by atoms with Crippen molar-refractivity contribution in [1.29, 1.82) is 0 Å². The molecule has 0 spiro atoms. The minimum absolute atomic E-state index is 0.259. The fourth-order valence-electron chi connectivity index (χ4n) is 2.15. The van der Waals surface area contributed by atoms with Crippen molar-refractivity contribution < 1.29 is 28.6 Å². The van der Waals surface area contributed by atoms with Gasteiger partial charge in [0.15, 0.2) is 13.2 Å². The van der Waals surface area contributed by atoms with Crippen molar-refractivity contribution in [3.63, 3.8) is 0 Å². The molecule has 0 saturated heterocycles. The normalized spacial score (nSPS) is 17.9. The number of carbonyl (C=O) groups excluding carboxylic acids is 3. The third-order valence-electron chi connectivity index (χ3n) is 3.72. The second kappa shape index (κ2) is 8.00. The van der Waals surface area contributed by atoms with Crippen LogP contribution in [0.1, 0.15) is 52.9 Å². The first-order valence-corrected chi connectivity index (χ1v) is 7.40. The van der Waals surface area contributed by atoms with Gasteiger partial charge in [0.1, 0.15) is 5.60 Å². The summed E-state index contributed by atoms with van der Waals surface area (Å²) in [6.45, 7) is 4.52. The van der Waals surface area contributed by atoms with Crippen LogP contribution in [0.5, 0.6) is 0 Å². The summed E-state index contributed by atoms with van der Waals surface area (Å²) in [5, 5.41) is 0. The molecule has 0 aromatic rings. The van der Waals surface area contributed by atoms with Gasteiger partial charge in [-0.15, -0.1) is 0 Å². The predicted octanol–water partition coefficient (Wildman–Crippen LogP) is 1.99. The van der Waals surface area contributed by atoms with E-state index in [9.17, 15) is 14.4 Å². The van der Waals surface area contributed by atoms with Crippen molar-refractivity contribution in [3.05, 3.63) is 0 Å². The number of ether oxygens (including phenoxy) is 3. The van der Waals surface area contributed by atoms with Gasteiger partial charge < -0.3 is 14.2 Å². The van der Waals surface area contributed by atoms with Crippen LogP contribution >= 0.6 is 0 Å². The molecule has 0 bridgehead atoms. The van der Waals surface area contributed by atoms with E-state index in [2.05, 4.69) is 0 Å². The minimum Gasteiger partial charge on any atom is -0.457 e. The average molecular weight is 300 g/mol. The standard InChI is InChI=1S/C15H24O6/c1-4-11(2)14(18)20-9-12(16)19-10-13(17)21-15(3)7-5-6-8-15/h11H,4-10H2,1-3H3. The van der Waals surface area contributed by atoms with Crippen LogP contribution in [0.3, 0.4) is 0 Å². The van der Waals surface area contributed by atoms with Gasteiger partial charge in [0.2, 0.25) is 0 Å². The van der Waals surface area contributed by atoms with E-state index in [-0.39, 0.29) is 5.92 Å². The Morgan fingerprint density at radius 3 is 2.19 bits per heavy atom. The lowest BCUT2D eigenvalue weighted by Crippen LogP contribution is -2.31. The van der Waals surface area contributed by atoms with E-state index >= 15 is 0 Å². The Balaban J connectivity index is 2.20. The largest absolute Gasteiger partial charge is 0.457 e. The molecule has 6 heteroatoms. The lowest BCUT2D eigenvalue weighted by Gasteiger charge is -2.23. The van der Waals surface area contributed by atoms with Crippen LogP contribution in [-0.4, -0.2) is 36.7 Å². The SMILES string of the molecule is CCC(C)C(=O)OCC(=O)OCC(=O)OC1(C)CCCC1. The third-order valence-corrected chi connectivity index (χ3v) is 3.72. The zero-order valence-electron chi connectivity index (χ0n) is 13.0. The van der Waals surface area contributed by atoms with Gasteiger partial charge in [0.05, 0.1) is 5.92 Å². The van der Waals surface area contributed by atoms with Gasteiger partial charge in [0, 0.05) is 0 Å². The quantitative estimate of drug-likeness (QED) is 0.528. The molecule has 6 nitrogen and oxygen atoms in total. The minimum atomic E-state index is -0.750. The smallest absolute Gasteiger partial charge is 0.344 e. The third kappa shape index (κ3) is 6.14. The lowest BCUT2D eigenvalue weighted by molar-refractivity contribution is -0.171. The van der Waals surface area contributed by atoms with E-state index in [1.54, 1.807) is 6.92 Å². The zero-order chi connectivity index (χ0) is 15.9. The maximum atomic E-state index is 11.6. The molecule has 0 aromatic carbocycles. The molecule has 1 unspecified atom stereocenters. The lowest BCUT2D eigenvalue weighted by atomic mass is 10.1. The fraction of sp³-hybridized carbons (Fsp3) is 0.800. The molecule has 1 aliphatic rings. The van der Waals surface area contributed by atoms with Gasteiger partial charge in [-0.1, -0.05) is 13.8 Å². The van der Waals surface area contributed by atoms with Crippen LogP contribution < -0.4 is 0 Å². The van der Waals surface area contributed by atoms with Crippen LogP contribution in [0.2, 0.25) is 0 Å². The number of rotatable bonds is 7. The van der Waals surface area contributed by atoms with Crippen molar-refractivity contribution in [1.82, 2.24) is 0 Å². The summed E-state index contributed by atoms with van der Waals surface area (Å²) in [5.74, 6) is -2.03. The molecule has 1 saturated carbocycles. The van der Waals surface area contributed by atoms with E-state index in [1.165, 1.54) is 0 Å². The highest BCUT2D eigenvalue weighted by atomic mass is 16.6. The van der Waals surface area contributed by atoms with Gasteiger partial charge in [-0.2, -0.15) is 0 Å². The summed E-state index contributed by atoms with van der Waals surface area (Å²) in [4.78, 5) is 34.3. The molecule has 0 N–H and O–H groups in total. The Hall–Kier alpha value is -1.59. The van der Waals surface area contributed by atoms with Gasteiger partial charge in [-0.05, 0) is 39.0 Å². The predicted molar refractivity (Wildman–Crippen MR) is 74.3 cm³/mol. The Morgan fingerprint density at radius 1 is 1.05 bits per heavy atom. The summed E-state index contributed by atoms with van der Waals surface area (Å²) >= 11 is 0. The molecule has 1 aliphatic carbocycles. The maximum Gasteiger partial charge on any atom is 0.344 e. The second-order valence-corrected chi connectivity index (χ2v) is 5.71. The van der Waals surface area contributed by atoms with Crippen LogP contribution in [0.25, 0.3) is 0 Å². The van der Waals surface area contributed by atoms with Crippen LogP contribution in [0.15, 0.2) is 0 Å². The van der Waals surface area contributed by atoms with E-state index in [0.29, 0.717) is 6.42 Å². The Labute approximate surface area is 125 Å². The molecular weight excluding hydrogens is 276 g/mol. The molecule has 21 heavy (non-hydrogen) atoms. The highest BCUT2D eigenvalue weighted by Crippen LogP contribution is 2.32. The van der Waals surface area contributed by atoms with E-state index in [4.69, 9.17) is 14.2 Å². The average Bonchev–Trinajstić information content (AvgIpc) is 2.87. The van der Waals surface area contributed by atoms with E-state index in [1.807, 2.05) is 13.8 Å². The Morgan fingerprint density at radius 2 is 1.62 bits per heavy atom. The molecule has 120 valence electrons. The topological polar surface area (TPSA) is 78.9 Å². The van der Waals surface area contributed by atoms with E-state index < -0.39 is 36.7 Å². The highest BCUT2D eigenvalue weighted by Gasteiger charge is 2.32. The van der Waals surface area contributed by atoms with Crippen molar-refractivity contribution >= 4 is 17.9 Å². The van der Waals surface area contributed by atoms with Crippen molar-refractivity contribution in [2.45, 2.75) is 58.5 Å². The van der Waals surface area contributed by atoms with Gasteiger partial charge in [0.25, 0.3) is 0 Å². The summed E-state index contributed by atoms with van der Waals surface area (Å²) < 4.78 is 14.8. The van der Waals surface area contributed by atoms with Crippen LogP contribution in [-0.2, 0) is 28.6 Å². The second-order valence-electron chi connectivity index (χ2n) is 5.71. The molecule has 1 rings (SSSR count). The number of hydrogen-bond acceptors (Lipinski definition) is 6. The molecule has 0 amide bonds. The first kappa shape index (κ1) is 17.5. The van der Waals surface area contributed by atoms with Crippen molar-refractivity contribution in [2.24, 2.45) is 5.92 Å². The van der Waals surface area contributed by atoms with Gasteiger partial charge in [-0.25, -0.2) is 9.59 Å². The maximum absolute atomic E-state index is 11.6. The zero-order valence-corrected chi connectivity index (χ0v) is 13.0. The molecule has 0 aromatic heterocycles. The summed E-state index contributed by atoms with van der Waals surface area (Å²) in [7, 11) is 0. The molecule has 1 atom stereocenters.